The van der Waals surface area contributed by atoms with Crippen molar-refractivity contribution in [2.45, 2.75) is 39.2 Å². The van der Waals surface area contributed by atoms with Crippen LogP contribution in [-0.2, 0) is 6.54 Å². The average molecular weight is 448 g/mol. The van der Waals surface area contributed by atoms with Crippen LogP contribution in [0, 0.1) is 22.7 Å². The number of aromatic nitrogens is 4. The fourth-order valence-electron chi connectivity index (χ4n) is 4.89. The van der Waals surface area contributed by atoms with Crippen LogP contribution in [0.2, 0.25) is 0 Å². The SMILES string of the molecule is CN(C)c1cnc(N(CC2CCCC(C)(Cn3cnc4ccc(C#N)cc43)C2)C(=O)O)cn1. The standard InChI is InChI=1S/C24H29N7O2/c1-24(15-30-16-28-19-7-6-17(11-25)9-20(19)30)8-4-5-18(10-24)14-31(23(32)33)22-13-26-21(12-27-22)29(2)3/h6-7,9,12-13,16,18H,4-5,8,10,14-15H2,1-3H3,(H,32,33). The number of amides is 1. The van der Waals surface area contributed by atoms with E-state index in [9.17, 15) is 15.2 Å². The summed E-state index contributed by atoms with van der Waals surface area (Å²) in [6.07, 6.45) is 7.92. The second-order valence-corrected chi connectivity index (χ2v) is 9.48. The molecule has 2 aromatic heterocycles. The van der Waals surface area contributed by atoms with Gasteiger partial charge in [0.1, 0.15) is 5.82 Å². The van der Waals surface area contributed by atoms with Gasteiger partial charge in [0, 0.05) is 27.2 Å². The molecule has 0 radical (unpaired) electrons. The Morgan fingerprint density at radius 3 is 2.70 bits per heavy atom. The maximum atomic E-state index is 12.0. The molecule has 1 aliphatic carbocycles. The minimum absolute atomic E-state index is 0.00380. The molecule has 2 atom stereocenters. The Balaban J connectivity index is 1.50. The van der Waals surface area contributed by atoms with E-state index in [2.05, 4.69) is 32.5 Å². The van der Waals surface area contributed by atoms with E-state index in [-0.39, 0.29) is 11.3 Å². The first-order valence-electron chi connectivity index (χ1n) is 11.1. The molecular formula is C24H29N7O2. The van der Waals surface area contributed by atoms with Crippen molar-refractivity contribution >= 4 is 28.8 Å². The van der Waals surface area contributed by atoms with Crippen molar-refractivity contribution in [1.29, 1.82) is 5.26 Å². The lowest BCUT2D eigenvalue weighted by molar-refractivity contribution is 0.136. The smallest absolute Gasteiger partial charge is 0.413 e. The normalized spacial score (nSPS) is 20.4. The predicted molar refractivity (Wildman–Crippen MR) is 126 cm³/mol. The fourth-order valence-corrected chi connectivity index (χ4v) is 4.89. The number of carbonyl (C=O) groups is 1. The molecule has 172 valence electrons. The number of imidazole rings is 1. The van der Waals surface area contributed by atoms with Crippen LogP contribution in [0.5, 0.6) is 0 Å². The molecule has 2 unspecified atom stereocenters. The zero-order chi connectivity index (χ0) is 23.6. The van der Waals surface area contributed by atoms with Gasteiger partial charge in [0.2, 0.25) is 0 Å². The van der Waals surface area contributed by atoms with Crippen molar-refractivity contribution < 1.29 is 9.90 Å². The summed E-state index contributed by atoms with van der Waals surface area (Å²) in [6, 6.07) is 7.74. The van der Waals surface area contributed by atoms with Crippen molar-refractivity contribution in [3.8, 4) is 6.07 Å². The predicted octanol–water partition coefficient (Wildman–Crippen LogP) is 4.15. The van der Waals surface area contributed by atoms with E-state index in [1.165, 1.54) is 11.1 Å². The topological polar surface area (TPSA) is 111 Å². The summed E-state index contributed by atoms with van der Waals surface area (Å²) in [4.78, 5) is 28.3. The molecule has 0 bridgehead atoms. The van der Waals surface area contributed by atoms with Crippen LogP contribution in [-0.4, -0.2) is 51.4 Å². The van der Waals surface area contributed by atoms with Crippen LogP contribution in [0.1, 0.15) is 38.2 Å². The first kappa shape index (κ1) is 22.5. The highest BCUT2D eigenvalue weighted by Crippen LogP contribution is 2.41. The highest BCUT2D eigenvalue weighted by atomic mass is 16.4. The summed E-state index contributed by atoms with van der Waals surface area (Å²) >= 11 is 0. The van der Waals surface area contributed by atoms with E-state index in [1.54, 1.807) is 12.3 Å². The average Bonchev–Trinajstić information content (AvgIpc) is 3.18. The maximum Gasteiger partial charge on any atom is 0.413 e. The number of fused-ring (bicyclic) bond motifs is 1. The largest absolute Gasteiger partial charge is 0.465 e. The molecular weight excluding hydrogens is 418 g/mol. The Labute approximate surface area is 193 Å². The molecule has 4 rings (SSSR count). The molecule has 0 saturated heterocycles. The number of benzene rings is 1. The van der Waals surface area contributed by atoms with Gasteiger partial charge in [-0.2, -0.15) is 5.26 Å². The van der Waals surface area contributed by atoms with Crippen molar-refractivity contribution in [2.75, 3.05) is 30.4 Å². The quantitative estimate of drug-likeness (QED) is 0.604. The number of hydrogen-bond acceptors (Lipinski definition) is 6. The monoisotopic (exact) mass is 447 g/mol. The van der Waals surface area contributed by atoms with Crippen LogP contribution in [0.25, 0.3) is 11.0 Å². The van der Waals surface area contributed by atoms with Crippen molar-refractivity contribution in [3.05, 3.63) is 42.5 Å². The molecule has 1 aliphatic rings. The lowest BCUT2D eigenvalue weighted by Gasteiger charge is -2.39. The molecule has 1 amide bonds. The molecule has 3 aromatic rings. The first-order chi connectivity index (χ1) is 15.8. The number of nitrogens with zero attached hydrogens (tertiary/aromatic N) is 7. The van der Waals surface area contributed by atoms with Crippen LogP contribution in [0.4, 0.5) is 16.4 Å². The third-order valence-corrected chi connectivity index (χ3v) is 6.51. The Kier molecular flexibility index (Phi) is 6.18. The van der Waals surface area contributed by atoms with Gasteiger partial charge in [0.15, 0.2) is 5.82 Å². The highest BCUT2D eigenvalue weighted by Gasteiger charge is 2.35. The molecule has 9 nitrogen and oxygen atoms in total. The van der Waals surface area contributed by atoms with Gasteiger partial charge >= 0.3 is 6.09 Å². The number of carboxylic acid groups (broad SMARTS) is 1. The van der Waals surface area contributed by atoms with Gasteiger partial charge in [-0.1, -0.05) is 13.3 Å². The number of nitriles is 1. The van der Waals surface area contributed by atoms with Crippen LogP contribution in [0.15, 0.2) is 36.9 Å². The van der Waals surface area contributed by atoms with Gasteiger partial charge in [-0.15, -0.1) is 0 Å². The van der Waals surface area contributed by atoms with Gasteiger partial charge in [-0.05, 0) is 48.8 Å². The second-order valence-electron chi connectivity index (χ2n) is 9.48. The minimum Gasteiger partial charge on any atom is -0.465 e. The van der Waals surface area contributed by atoms with Crippen LogP contribution in [0.3, 0.4) is 0 Å². The second kappa shape index (κ2) is 9.06. The Morgan fingerprint density at radius 2 is 2.03 bits per heavy atom. The lowest BCUT2D eigenvalue weighted by Crippen LogP contribution is -2.39. The van der Waals surface area contributed by atoms with E-state index in [1.807, 2.05) is 37.5 Å². The Bertz CT molecular complexity index is 1180. The van der Waals surface area contributed by atoms with Gasteiger partial charge in [0.25, 0.3) is 0 Å². The Hall–Kier alpha value is -3.67. The molecule has 9 heteroatoms. The summed E-state index contributed by atoms with van der Waals surface area (Å²) < 4.78 is 2.12. The number of rotatable bonds is 6. The van der Waals surface area contributed by atoms with E-state index in [4.69, 9.17) is 0 Å². The zero-order valence-corrected chi connectivity index (χ0v) is 19.3. The minimum atomic E-state index is -1.01. The molecule has 0 spiro atoms. The highest BCUT2D eigenvalue weighted by molar-refractivity contribution is 5.84. The molecule has 33 heavy (non-hydrogen) atoms. The van der Waals surface area contributed by atoms with E-state index < -0.39 is 6.09 Å². The third kappa shape index (κ3) is 4.90. The van der Waals surface area contributed by atoms with Crippen LogP contribution < -0.4 is 9.80 Å². The summed E-state index contributed by atoms with van der Waals surface area (Å²) in [6.45, 7) is 3.43. The maximum absolute atomic E-state index is 12.0. The summed E-state index contributed by atoms with van der Waals surface area (Å²) in [7, 11) is 3.73. The van der Waals surface area contributed by atoms with Crippen molar-refractivity contribution in [2.24, 2.45) is 11.3 Å². The molecule has 2 heterocycles. The van der Waals surface area contributed by atoms with Gasteiger partial charge in [0.05, 0.1) is 41.4 Å². The number of hydrogen-bond donors (Lipinski definition) is 1. The fraction of sp³-hybridized carbons (Fsp3) is 0.458. The summed E-state index contributed by atoms with van der Waals surface area (Å²) in [5.41, 5.74) is 2.46. The number of anilines is 2. The van der Waals surface area contributed by atoms with E-state index in [0.29, 0.717) is 23.7 Å². The van der Waals surface area contributed by atoms with Gasteiger partial charge < -0.3 is 14.6 Å². The molecule has 1 aromatic carbocycles. The molecule has 1 saturated carbocycles. The van der Waals surface area contributed by atoms with Crippen molar-refractivity contribution in [3.63, 3.8) is 0 Å². The van der Waals surface area contributed by atoms with E-state index >= 15 is 0 Å². The van der Waals surface area contributed by atoms with Crippen molar-refractivity contribution in [1.82, 2.24) is 19.5 Å². The Morgan fingerprint density at radius 1 is 1.27 bits per heavy atom. The molecule has 0 aliphatic heterocycles. The lowest BCUT2D eigenvalue weighted by atomic mass is 9.70. The van der Waals surface area contributed by atoms with E-state index in [0.717, 1.165) is 43.3 Å². The molecule has 1 N–H and O–H groups in total. The van der Waals surface area contributed by atoms with Crippen LogP contribution >= 0.6 is 0 Å². The van der Waals surface area contributed by atoms with Gasteiger partial charge in [-0.3, -0.25) is 4.90 Å². The third-order valence-electron chi connectivity index (χ3n) is 6.51. The zero-order valence-electron chi connectivity index (χ0n) is 19.3. The molecule has 1 fully saturated rings. The summed E-state index contributed by atoms with van der Waals surface area (Å²) in [5.74, 6) is 1.26. The summed E-state index contributed by atoms with van der Waals surface area (Å²) in [5, 5.41) is 19.1. The van der Waals surface area contributed by atoms with Gasteiger partial charge in [-0.25, -0.2) is 19.7 Å². The first-order valence-corrected chi connectivity index (χ1v) is 11.1.